The van der Waals surface area contributed by atoms with Crippen molar-refractivity contribution in [3.8, 4) is 0 Å². The normalized spacial score (nSPS) is 7.20. The molecule has 0 aromatic carbocycles. The molecule has 0 saturated heterocycles. The summed E-state index contributed by atoms with van der Waals surface area (Å²) in [6.07, 6.45) is 0. The van der Waals surface area contributed by atoms with Gasteiger partial charge in [0.1, 0.15) is 0 Å². The van der Waals surface area contributed by atoms with Gasteiger partial charge in [-0.3, -0.25) is 0 Å². The zero-order chi connectivity index (χ0) is 7.15. The van der Waals surface area contributed by atoms with Crippen LogP contribution in [0.4, 0.5) is 0 Å². The van der Waals surface area contributed by atoms with E-state index in [4.69, 9.17) is 0 Å². The SMILES string of the molecule is CP(C)C.CP(C)C.Cl.Cl. The number of hydrogen-bond donors (Lipinski definition) is 0. The molecule has 0 N–H and O–H groups in total. The van der Waals surface area contributed by atoms with Crippen LogP contribution in [0.3, 0.4) is 0 Å². The maximum absolute atomic E-state index is 2.23. The lowest BCUT2D eigenvalue weighted by Gasteiger charge is -1.81. The highest BCUT2D eigenvalue weighted by molar-refractivity contribution is 7.55. The van der Waals surface area contributed by atoms with E-state index in [-0.39, 0.29) is 24.8 Å². The van der Waals surface area contributed by atoms with Crippen molar-refractivity contribution >= 4 is 40.7 Å². The second-order valence-corrected chi connectivity index (χ2v) is 8.05. The Labute approximate surface area is 80.9 Å². The van der Waals surface area contributed by atoms with Crippen molar-refractivity contribution < 1.29 is 0 Å². The molecule has 10 heavy (non-hydrogen) atoms. The summed E-state index contributed by atoms with van der Waals surface area (Å²) < 4.78 is 0. The van der Waals surface area contributed by atoms with Crippen LogP contribution in [0.1, 0.15) is 0 Å². The smallest absolute Gasteiger partial charge is 0.0449 e. The Hall–Kier alpha value is 1.44. The van der Waals surface area contributed by atoms with E-state index >= 15 is 0 Å². The molecule has 0 nitrogen and oxygen atoms in total. The number of hydrogen-bond acceptors (Lipinski definition) is 0. The largest absolute Gasteiger partial charge is 0.147 e. The third kappa shape index (κ3) is 324. The van der Waals surface area contributed by atoms with Crippen LogP contribution in [-0.4, -0.2) is 40.0 Å². The highest BCUT2D eigenvalue weighted by atomic mass is 35.5. The lowest BCUT2D eigenvalue weighted by atomic mass is 11.9. The Kier molecular flexibility index (Phi) is 37.9. The lowest BCUT2D eigenvalue weighted by molar-refractivity contribution is 2.13. The van der Waals surface area contributed by atoms with Gasteiger partial charge in [-0.15, -0.1) is 40.7 Å². The van der Waals surface area contributed by atoms with Crippen molar-refractivity contribution in [3.63, 3.8) is 0 Å². The second-order valence-electron chi connectivity index (χ2n) is 2.68. The van der Waals surface area contributed by atoms with Gasteiger partial charge in [-0.25, -0.2) is 0 Å². The molecule has 0 radical (unpaired) electrons. The molecule has 4 heteroatoms. The predicted molar refractivity (Wildman–Crippen MR) is 63.9 cm³/mol. The summed E-state index contributed by atoms with van der Waals surface area (Å²) in [5.41, 5.74) is 0. The second kappa shape index (κ2) is 16.8. The maximum Gasteiger partial charge on any atom is -0.0449 e. The van der Waals surface area contributed by atoms with Gasteiger partial charge in [0.2, 0.25) is 0 Å². The fraction of sp³-hybridized carbons (Fsp3) is 1.00. The molecule has 0 aromatic rings. The van der Waals surface area contributed by atoms with Gasteiger partial charge >= 0.3 is 0 Å². The van der Waals surface area contributed by atoms with Crippen LogP contribution in [0.5, 0.6) is 0 Å². The Morgan fingerprint density at radius 3 is 0.500 bits per heavy atom. The molecule has 0 heterocycles. The van der Waals surface area contributed by atoms with E-state index in [2.05, 4.69) is 40.0 Å². The molecule has 0 bridgehead atoms. The zero-order valence-corrected chi connectivity index (χ0v) is 11.1. The summed E-state index contributed by atoms with van der Waals surface area (Å²) >= 11 is 0. The quantitative estimate of drug-likeness (QED) is 0.553. The Morgan fingerprint density at radius 1 is 0.500 bits per heavy atom. The van der Waals surface area contributed by atoms with E-state index in [0.717, 1.165) is 0 Å². The molecule has 0 spiro atoms. The standard InChI is InChI=1S/2C3H9P.2ClH/c2*1-4(2)3;;/h2*1-3H3;2*1H. The van der Waals surface area contributed by atoms with Gasteiger partial charge in [-0.05, 0) is 40.0 Å². The van der Waals surface area contributed by atoms with Crippen molar-refractivity contribution in [3.05, 3.63) is 0 Å². The Bertz CT molecular complexity index is 29.2. The van der Waals surface area contributed by atoms with E-state index in [1.807, 2.05) is 0 Å². The van der Waals surface area contributed by atoms with Crippen LogP contribution in [0.25, 0.3) is 0 Å². The Balaban J connectivity index is -0.0000000300. The van der Waals surface area contributed by atoms with Crippen molar-refractivity contribution in [1.82, 2.24) is 0 Å². The predicted octanol–water partition coefficient (Wildman–Crippen LogP) is 3.56. The third-order valence-corrected chi connectivity index (χ3v) is 0. The summed E-state index contributed by atoms with van der Waals surface area (Å²) in [4.78, 5) is 0. The summed E-state index contributed by atoms with van der Waals surface area (Å²) in [7, 11) is 0.759. The van der Waals surface area contributed by atoms with Crippen LogP contribution >= 0.6 is 40.7 Å². The first-order valence-electron chi connectivity index (χ1n) is 2.68. The molecular formula is C6H20Cl2P2. The molecule has 0 rings (SSSR count). The first-order chi connectivity index (χ1) is 3.46. The van der Waals surface area contributed by atoms with Crippen LogP contribution in [-0.2, 0) is 0 Å². The van der Waals surface area contributed by atoms with E-state index in [1.165, 1.54) is 0 Å². The molecule has 68 valence electrons. The van der Waals surface area contributed by atoms with Crippen LogP contribution in [0, 0.1) is 0 Å². The molecule has 0 saturated carbocycles. The van der Waals surface area contributed by atoms with Crippen LogP contribution in [0.2, 0.25) is 0 Å². The third-order valence-electron chi connectivity index (χ3n) is 0. The Morgan fingerprint density at radius 2 is 0.500 bits per heavy atom. The maximum atomic E-state index is 2.23. The van der Waals surface area contributed by atoms with Gasteiger partial charge in [-0.2, -0.15) is 0 Å². The average molecular weight is 225 g/mol. The topological polar surface area (TPSA) is 0 Å². The summed E-state index contributed by atoms with van der Waals surface area (Å²) in [6.45, 7) is 13.4. The molecule has 0 aliphatic carbocycles. The van der Waals surface area contributed by atoms with Gasteiger partial charge in [0.15, 0.2) is 0 Å². The molecule has 0 amide bonds. The van der Waals surface area contributed by atoms with Crippen molar-refractivity contribution in [1.29, 1.82) is 0 Å². The van der Waals surface area contributed by atoms with Crippen molar-refractivity contribution in [2.75, 3.05) is 40.0 Å². The van der Waals surface area contributed by atoms with Crippen LogP contribution in [0.15, 0.2) is 0 Å². The van der Waals surface area contributed by atoms with Crippen LogP contribution < -0.4 is 0 Å². The summed E-state index contributed by atoms with van der Waals surface area (Å²) in [5, 5.41) is 0. The average Bonchev–Trinajstić information content (AvgIpc) is 1.25. The first-order valence-corrected chi connectivity index (χ1v) is 8.05. The fourth-order valence-electron chi connectivity index (χ4n) is 0. The van der Waals surface area contributed by atoms with Gasteiger partial charge in [-0.1, -0.05) is 0 Å². The minimum absolute atomic E-state index is 0. The molecular weight excluding hydrogens is 205 g/mol. The van der Waals surface area contributed by atoms with Crippen molar-refractivity contribution in [2.24, 2.45) is 0 Å². The minimum atomic E-state index is 0. The van der Waals surface area contributed by atoms with Crippen molar-refractivity contribution in [2.45, 2.75) is 0 Å². The molecule has 0 aliphatic rings. The van der Waals surface area contributed by atoms with Gasteiger partial charge in [0.05, 0.1) is 0 Å². The first kappa shape index (κ1) is 22.5. The van der Waals surface area contributed by atoms with E-state index in [0.29, 0.717) is 15.8 Å². The van der Waals surface area contributed by atoms with Gasteiger partial charge in [0.25, 0.3) is 0 Å². The molecule has 0 fully saturated rings. The molecule has 0 unspecified atom stereocenters. The van der Waals surface area contributed by atoms with E-state index < -0.39 is 0 Å². The van der Waals surface area contributed by atoms with E-state index in [1.54, 1.807) is 0 Å². The monoisotopic (exact) mass is 224 g/mol. The number of halogens is 2. The number of rotatable bonds is 0. The summed E-state index contributed by atoms with van der Waals surface area (Å²) in [6, 6.07) is 0. The van der Waals surface area contributed by atoms with E-state index in [9.17, 15) is 0 Å². The molecule has 0 aromatic heterocycles. The minimum Gasteiger partial charge on any atom is -0.147 e. The zero-order valence-electron chi connectivity index (χ0n) is 7.71. The highest BCUT2D eigenvalue weighted by Crippen LogP contribution is 2.14. The van der Waals surface area contributed by atoms with Gasteiger partial charge in [0, 0.05) is 0 Å². The molecule has 0 aliphatic heterocycles. The fourth-order valence-corrected chi connectivity index (χ4v) is 0. The summed E-state index contributed by atoms with van der Waals surface area (Å²) in [5.74, 6) is 0. The lowest BCUT2D eigenvalue weighted by Crippen LogP contribution is -1.48. The molecule has 0 atom stereocenters. The van der Waals surface area contributed by atoms with Gasteiger partial charge < -0.3 is 0 Å². The highest BCUT2D eigenvalue weighted by Gasteiger charge is 1.66.